The molecule has 0 aliphatic carbocycles. The van der Waals surface area contributed by atoms with Gasteiger partial charge in [0.1, 0.15) is 0 Å². The van der Waals surface area contributed by atoms with Gasteiger partial charge in [0.25, 0.3) is 0 Å². The molecule has 19 heavy (non-hydrogen) atoms. The molecule has 1 aliphatic heterocycles. The van der Waals surface area contributed by atoms with E-state index >= 15 is 0 Å². The highest BCUT2D eigenvalue weighted by Crippen LogP contribution is 2.11. The smallest absolute Gasteiger partial charge is 0.230 e. The minimum absolute atomic E-state index is 0.0226. The molecule has 1 aromatic rings. The van der Waals surface area contributed by atoms with Crippen LogP contribution in [-0.4, -0.2) is 23.4 Å². The number of amides is 1. The lowest BCUT2D eigenvalue weighted by Crippen LogP contribution is -2.28. The lowest BCUT2D eigenvalue weighted by atomic mass is 10.0. The summed E-state index contributed by atoms with van der Waals surface area (Å²) in [5, 5.41) is 3.62. The summed E-state index contributed by atoms with van der Waals surface area (Å²) in [6, 6.07) is 8.35. The van der Waals surface area contributed by atoms with Crippen molar-refractivity contribution in [1.82, 2.24) is 5.32 Å². The molecule has 0 unspecified atom stereocenters. The molecule has 0 fully saturated rings. The third kappa shape index (κ3) is 4.71. The fourth-order valence-electron chi connectivity index (χ4n) is 1.96. The number of rotatable bonds is 5. The van der Waals surface area contributed by atoms with E-state index in [9.17, 15) is 4.79 Å². The van der Waals surface area contributed by atoms with Gasteiger partial charge in [0.2, 0.25) is 5.91 Å². The van der Waals surface area contributed by atoms with E-state index in [0.29, 0.717) is 6.42 Å². The second kappa shape index (κ2) is 7.34. The van der Waals surface area contributed by atoms with Gasteiger partial charge >= 0.3 is 0 Å². The monoisotopic (exact) mass is 276 g/mol. The van der Waals surface area contributed by atoms with Crippen LogP contribution in [0.1, 0.15) is 30.9 Å². The van der Waals surface area contributed by atoms with E-state index in [1.165, 1.54) is 18.4 Å². The average molecular weight is 276 g/mol. The molecule has 3 nitrogen and oxygen atoms in total. The Balaban J connectivity index is 1.83. The molecule has 1 aliphatic rings. The number of thioether (sulfide) groups is 1. The molecule has 1 heterocycles. The second-order valence-corrected chi connectivity index (χ2v) is 5.76. The molecule has 4 heteroatoms. The maximum Gasteiger partial charge on any atom is 0.230 e. The Morgan fingerprint density at radius 1 is 1.32 bits per heavy atom. The third-order valence-corrected chi connectivity index (χ3v) is 3.93. The van der Waals surface area contributed by atoms with Crippen molar-refractivity contribution in [2.24, 2.45) is 4.99 Å². The van der Waals surface area contributed by atoms with Crippen LogP contribution in [0.5, 0.6) is 0 Å². The molecule has 102 valence electrons. The van der Waals surface area contributed by atoms with Gasteiger partial charge in [0.15, 0.2) is 5.17 Å². The minimum atomic E-state index is 0.0226. The van der Waals surface area contributed by atoms with Crippen LogP contribution in [-0.2, 0) is 17.6 Å². The molecular weight excluding hydrogens is 256 g/mol. The molecule has 1 aromatic carbocycles. The first-order valence-corrected chi connectivity index (χ1v) is 7.81. The van der Waals surface area contributed by atoms with Crippen LogP contribution in [0.4, 0.5) is 0 Å². The molecule has 1 amide bonds. The molecule has 0 saturated carbocycles. The standard InChI is InChI=1S/C15H20N2OS/c1-2-3-4-12-5-7-13(8-6-12)11-14(18)17-15-16-9-10-19-15/h5-8H,2-4,9-11H2,1H3,(H,16,17,18). The van der Waals surface area contributed by atoms with E-state index in [2.05, 4.69) is 29.4 Å². The van der Waals surface area contributed by atoms with Crippen LogP contribution in [0.3, 0.4) is 0 Å². The average Bonchev–Trinajstić information content (AvgIpc) is 2.90. The zero-order valence-electron chi connectivity index (χ0n) is 11.3. The molecule has 0 radical (unpaired) electrons. The van der Waals surface area contributed by atoms with Crippen molar-refractivity contribution in [1.29, 1.82) is 0 Å². The highest BCUT2D eigenvalue weighted by atomic mass is 32.2. The van der Waals surface area contributed by atoms with E-state index in [4.69, 9.17) is 0 Å². The molecule has 0 saturated heterocycles. The van der Waals surface area contributed by atoms with Crippen molar-refractivity contribution in [2.75, 3.05) is 12.3 Å². The number of nitrogens with zero attached hydrogens (tertiary/aromatic N) is 1. The Morgan fingerprint density at radius 3 is 2.68 bits per heavy atom. The van der Waals surface area contributed by atoms with Crippen molar-refractivity contribution in [3.63, 3.8) is 0 Å². The number of amidine groups is 1. The van der Waals surface area contributed by atoms with Gasteiger partial charge in [0.05, 0.1) is 13.0 Å². The summed E-state index contributed by atoms with van der Waals surface area (Å²) in [6.07, 6.45) is 3.98. The first kappa shape index (κ1) is 14.1. The molecule has 0 bridgehead atoms. The fourth-order valence-corrected chi connectivity index (χ4v) is 2.71. The Labute approximate surface area is 118 Å². The van der Waals surface area contributed by atoms with Crippen molar-refractivity contribution in [3.05, 3.63) is 35.4 Å². The van der Waals surface area contributed by atoms with Crippen LogP contribution in [0.15, 0.2) is 29.3 Å². The Morgan fingerprint density at radius 2 is 2.05 bits per heavy atom. The number of carbonyl (C=O) groups is 1. The number of nitrogens with one attached hydrogen (secondary N) is 1. The quantitative estimate of drug-likeness (QED) is 0.898. The van der Waals surface area contributed by atoms with Crippen LogP contribution < -0.4 is 5.32 Å². The molecule has 0 atom stereocenters. The normalized spacial score (nSPS) is 14.3. The van der Waals surface area contributed by atoms with Crippen LogP contribution in [0.25, 0.3) is 0 Å². The van der Waals surface area contributed by atoms with E-state index in [0.717, 1.165) is 29.4 Å². The number of benzene rings is 1. The predicted octanol–water partition coefficient (Wildman–Crippen LogP) is 2.79. The van der Waals surface area contributed by atoms with Gasteiger partial charge in [-0.2, -0.15) is 0 Å². The second-order valence-electron chi connectivity index (χ2n) is 4.68. The number of carbonyl (C=O) groups excluding carboxylic acids is 1. The molecule has 2 rings (SSSR count). The van der Waals surface area contributed by atoms with Crippen LogP contribution in [0, 0.1) is 0 Å². The van der Waals surface area contributed by atoms with Gasteiger partial charge in [0, 0.05) is 5.75 Å². The summed E-state index contributed by atoms with van der Waals surface area (Å²) in [6.45, 7) is 3.01. The maximum atomic E-state index is 11.8. The van der Waals surface area contributed by atoms with Gasteiger partial charge in [-0.15, -0.1) is 0 Å². The Bertz CT molecular complexity index is 454. The zero-order valence-corrected chi connectivity index (χ0v) is 12.1. The lowest BCUT2D eigenvalue weighted by Gasteiger charge is -2.05. The van der Waals surface area contributed by atoms with Crippen LogP contribution in [0.2, 0.25) is 0 Å². The molecular formula is C15H20N2OS. The Hall–Kier alpha value is -1.29. The fraction of sp³-hybridized carbons (Fsp3) is 0.467. The molecule has 1 N–H and O–H groups in total. The van der Waals surface area contributed by atoms with Gasteiger partial charge in [-0.3, -0.25) is 9.79 Å². The first-order chi connectivity index (χ1) is 9.28. The van der Waals surface area contributed by atoms with Gasteiger partial charge in [-0.1, -0.05) is 49.4 Å². The van der Waals surface area contributed by atoms with E-state index in [-0.39, 0.29) is 5.91 Å². The van der Waals surface area contributed by atoms with E-state index in [1.54, 1.807) is 11.8 Å². The van der Waals surface area contributed by atoms with E-state index < -0.39 is 0 Å². The summed E-state index contributed by atoms with van der Waals surface area (Å²) >= 11 is 1.61. The number of hydrogen-bond acceptors (Lipinski definition) is 3. The molecule has 0 spiro atoms. The van der Waals surface area contributed by atoms with Crippen LogP contribution >= 0.6 is 11.8 Å². The SMILES string of the molecule is CCCCc1ccc(CC(=O)NC2=NCCS2)cc1. The summed E-state index contributed by atoms with van der Waals surface area (Å²) < 4.78 is 0. The Kier molecular flexibility index (Phi) is 5.45. The minimum Gasteiger partial charge on any atom is -0.305 e. The number of aliphatic imine (C=N–C) groups is 1. The first-order valence-electron chi connectivity index (χ1n) is 6.83. The predicted molar refractivity (Wildman–Crippen MR) is 81.7 cm³/mol. The number of hydrogen-bond donors (Lipinski definition) is 1. The van der Waals surface area contributed by atoms with Crippen molar-refractivity contribution >= 4 is 22.8 Å². The summed E-state index contributed by atoms with van der Waals surface area (Å²) in [5.41, 5.74) is 2.41. The zero-order chi connectivity index (χ0) is 13.5. The topological polar surface area (TPSA) is 41.5 Å². The highest BCUT2D eigenvalue weighted by Gasteiger charge is 2.11. The summed E-state index contributed by atoms with van der Waals surface area (Å²) in [4.78, 5) is 16.0. The van der Waals surface area contributed by atoms with Crippen molar-refractivity contribution < 1.29 is 4.79 Å². The lowest BCUT2D eigenvalue weighted by molar-refractivity contribution is -0.119. The summed E-state index contributed by atoms with van der Waals surface area (Å²) in [7, 11) is 0. The van der Waals surface area contributed by atoms with Gasteiger partial charge < -0.3 is 5.32 Å². The van der Waals surface area contributed by atoms with Crippen molar-refractivity contribution in [2.45, 2.75) is 32.6 Å². The number of aryl methyl sites for hydroxylation is 1. The van der Waals surface area contributed by atoms with Gasteiger partial charge in [-0.25, -0.2) is 0 Å². The van der Waals surface area contributed by atoms with Crippen molar-refractivity contribution in [3.8, 4) is 0 Å². The number of unbranched alkanes of at least 4 members (excludes halogenated alkanes) is 1. The maximum absolute atomic E-state index is 11.8. The summed E-state index contributed by atoms with van der Waals surface area (Å²) in [5.74, 6) is 0.997. The van der Waals surface area contributed by atoms with Gasteiger partial charge in [-0.05, 0) is 24.0 Å². The largest absolute Gasteiger partial charge is 0.305 e. The van der Waals surface area contributed by atoms with E-state index in [1.807, 2.05) is 12.1 Å². The third-order valence-electron chi connectivity index (χ3n) is 3.04. The highest BCUT2D eigenvalue weighted by molar-refractivity contribution is 8.14. The molecule has 0 aromatic heterocycles.